The van der Waals surface area contributed by atoms with Crippen molar-refractivity contribution in [3.63, 3.8) is 0 Å². The Hall–Kier alpha value is -0.950. The molecule has 110 valence electrons. The second kappa shape index (κ2) is 7.59. The third kappa shape index (κ3) is 4.58. The Kier molecular flexibility index (Phi) is 6.44. The number of rotatable bonds is 5. The highest BCUT2D eigenvalue weighted by Crippen LogP contribution is 2.12. The fourth-order valence-corrected chi connectivity index (χ4v) is 2.44. The van der Waals surface area contributed by atoms with Crippen LogP contribution in [0.2, 0.25) is 0 Å². The number of nitrogens with zero attached hydrogens (tertiary/aromatic N) is 2. The SMILES string of the molecule is CSCCC(C)N(C)C(=O)N1CCOC(C(=O)O)C1. The first-order chi connectivity index (χ1) is 8.97. The van der Waals surface area contributed by atoms with Crippen molar-refractivity contribution in [2.75, 3.05) is 38.8 Å². The van der Waals surface area contributed by atoms with E-state index in [1.807, 2.05) is 13.2 Å². The minimum atomic E-state index is -1.02. The van der Waals surface area contributed by atoms with E-state index in [1.165, 1.54) is 0 Å². The van der Waals surface area contributed by atoms with E-state index in [9.17, 15) is 9.59 Å². The predicted octanol–water partition coefficient (Wildman–Crippen LogP) is 0.965. The van der Waals surface area contributed by atoms with Crippen LogP contribution in [0.25, 0.3) is 0 Å². The topological polar surface area (TPSA) is 70.1 Å². The van der Waals surface area contributed by atoms with E-state index in [2.05, 4.69) is 0 Å². The molecule has 0 bridgehead atoms. The summed E-state index contributed by atoms with van der Waals surface area (Å²) in [5.41, 5.74) is 0. The molecule has 6 nitrogen and oxygen atoms in total. The lowest BCUT2D eigenvalue weighted by Gasteiger charge is -2.35. The number of ether oxygens (including phenoxy) is 1. The summed E-state index contributed by atoms with van der Waals surface area (Å²) in [6.45, 7) is 2.84. The monoisotopic (exact) mass is 290 g/mol. The molecule has 1 heterocycles. The summed E-state index contributed by atoms with van der Waals surface area (Å²) in [5.74, 6) is -0.0183. The van der Waals surface area contributed by atoms with Gasteiger partial charge in [-0.25, -0.2) is 9.59 Å². The number of carbonyl (C=O) groups is 2. The van der Waals surface area contributed by atoms with E-state index in [-0.39, 0.29) is 25.2 Å². The zero-order chi connectivity index (χ0) is 14.4. The van der Waals surface area contributed by atoms with Crippen LogP contribution in [-0.4, -0.2) is 77.8 Å². The zero-order valence-electron chi connectivity index (χ0n) is 11.7. The Labute approximate surface area is 118 Å². The average molecular weight is 290 g/mol. The number of carboxylic acids is 1. The highest BCUT2D eigenvalue weighted by molar-refractivity contribution is 7.98. The number of morpholine rings is 1. The molecule has 0 radical (unpaired) electrons. The molecule has 1 rings (SSSR count). The van der Waals surface area contributed by atoms with Crippen LogP contribution in [0.15, 0.2) is 0 Å². The number of aliphatic carboxylic acids is 1. The minimum Gasteiger partial charge on any atom is -0.479 e. The van der Waals surface area contributed by atoms with Gasteiger partial charge < -0.3 is 19.6 Å². The number of hydrogen-bond acceptors (Lipinski definition) is 4. The maximum atomic E-state index is 12.3. The number of carboxylic acid groups (broad SMARTS) is 1. The summed E-state index contributed by atoms with van der Waals surface area (Å²) < 4.78 is 5.11. The fourth-order valence-electron chi connectivity index (χ4n) is 1.87. The molecule has 1 N–H and O–H groups in total. The molecule has 0 saturated carbocycles. The molecule has 1 fully saturated rings. The standard InChI is InChI=1S/C12H22N2O4S/c1-9(4-7-19-3)13(2)12(17)14-5-6-18-10(8-14)11(15)16/h9-10H,4-8H2,1-3H3,(H,15,16). The molecule has 2 unspecified atom stereocenters. The highest BCUT2D eigenvalue weighted by atomic mass is 32.2. The van der Waals surface area contributed by atoms with Gasteiger partial charge in [-0.1, -0.05) is 0 Å². The largest absolute Gasteiger partial charge is 0.479 e. The van der Waals surface area contributed by atoms with Crippen molar-refractivity contribution in [2.24, 2.45) is 0 Å². The van der Waals surface area contributed by atoms with Gasteiger partial charge in [-0.15, -0.1) is 0 Å². The van der Waals surface area contributed by atoms with Gasteiger partial charge in [-0.2, -0.15) is 11.8 Å². The van der Waals surface area contributed by atoms with Crippen molar-refractivity contribution in [2.45, 2.75) is 25.5 Å². The Morgan fingerprint density at radius 1 is 1.58 bits per heavy atom. The third-order valence-corrected chi connectivity index (χ3v) is 3.96. The molecular weight excluding hydrogens is 268 g/mol. The van der Waals surface area contributed by atoms with Crippen LogP contribution in [0.5, 0.6) is 0 Å². The van der Waals surface area contributed by atoms with E-state index in [1.54, 1.807) is 28.6 Å². The van der Waals surface area contributed by atoms with Crippen molar-refractivity contribution in [1.29, 1.82) is 0 Å². The smallest absolute Gasteiger partial charge is 0.334 e. The van der Waals surface area contributed by atoms with Crippen LogP contribution in [0.3, 0.4) is 0 Å². The van der Waals surface area contributed by atoms with Gasteiger partial charge in [0.2, 0.25) is 0 Å². The Morgan fingerprint density at radius 2 is 2.26 bits per heavy atom. The van der Waals surface area contributed by atoms with Gasteiger partial charge >= 0.3 is 12.0 Å². The fraction of sp³-hybridized carbons (Fsp3) is 0.833. The van der Waals surface area contributed by atoms with E-state index in [4.69, 9.17) is 9.84 Å². The van der Waals surface area contributed by atoms with Gasteiger partial charge in [-0.3, -0.25) is 0 Å². The predicted molar refractivity (Wildman–Crippen MR) is 74.6 cm³/mol. The summed E-state index contributed by atoms with van der Waals surface area (Å²) in [6, 6.07) is 0.0224. The molecule has 1 saturated heterocycles. The first-order valence-electron chi connectivity index (χ1n) is 6.32. The number of hydrogen-bond donors (Lipinski definition) is 1. The summed E-state index contributed by atoms with van der Waals surface area (Å²) in [6.07, 6.45) is 2.05. The van der Waals surface area contributed by atoms with Gasteiger partial charge in [0, 0.05) is 19.6 Å². The lowest BCUT2D eigenvalue weighted by Crippen LogP contribution is -2.53. The summed E-state index contributed by atoms with van der Waals surface area (Å²) in [5, 5.41) is 8.92. The highest BCUT2D eigenvalue weighted by Gasteiger charge is 2.31. The van der Waals surface area contributed by atoms with Crippen molar-refractivity contribution in [3.8, 4) is 0 Å². The quantitative estimate of drug-likeness (QED) is 0.817. The van der Waals surface area contributed by atoms with Gasteiger partial charge in [0.1, 0.15) is 0 Å². The number of thioether (sulfide) groups is 1. The van der Waals surface area contributed by atoms with Crippen molar-refractivity contribution in [3.05, 3.63) is 0 Å². The van der Waals surface area contributed by atoms with Crippen LogP contribution in [0, 0.1) is 0 Å². The molecule has 7 heteroatoms. The van der Waals surface area contributed by atoms with Gasteiger partial charge in [0.15, 0.2) is 6.10 Å². The van der Waals surface area contributed by atoms with Crippen molar-refractivity contribution >= 4 is 23.8 Å². The lowest BCUT2D eigenvalue weighted by atomic mass is 10.2. The maximum Gasteiger partial charge on any atom is 0.334 e. The van der Waals surface area contributed by atoms with Crippen LogP contribution in [0.1, 0.15) is 13.3 Å². The number of amides is 2. The average Bonchev–Trinajstić information content (AvgIpc) is 2.43. The Balaban J connectivity index is 2.53. The molecule has 0 aromatic carbocycles. The summed E-state index contributed by atoms with van der Waals surface area (Å²) >= 11 is 1.75. The van der Waals surface area contributed by atoms with E-state index >= 15 is 0 Å². The van der Waals surface area contributed by atoms with Gasteiger partial charge in [0.05, 0.1) is 13.2 Å². The molecule has 1 aliphatic heterocycles. The number of urea groups is 1. The molecule has 2 amide bonds. The normalized spacial score (nSPS) is 21.0. The molecule has 0 aliphatic carbocycles. The lowest BCUT2D eigenvalue weighted by molar-refractivity contribution is -0.154. The van der Waals surface area contributed by atoms with E-state index in [0.29, 0.717) is 6.54 Å². The van der Waals surface area contributed by atoms with Crippen LogP contribution >= 0.6 is 11.8 Å². The first kappa shape index (κ1) is 16.1. The summed E-state index contributed by atoms with van der Waals surface area (Å²) in [7, 11) is 1.76. The van der Waals surface area contributed by atoms with Crippen LogP contribution in [0.4, 0.5) is 4.79 Å². The molecule has 0 spiro atoms. The third-order valence-electron chi connectivity index (χ3n) is 3.32. The van der Waals surface area contributed by atoms with Crippen LogP contribution < -0.4 is 0 Å². The second-order valence-corrected chi connectivity index (χ2v) is 5.65. The molecule has 19 heavy (non-hydrogen) atoms. The molecule has 0 aromatic rings. The molecule has 2 atom stereocenters. The zero-order valence-corrected chi connectivity index (χ0v) is 12.5. The van der Waals surface area contributed by atoms with E-state index in [0.717, 1.165) is 12.2 Å². The van der Waals surface area contributed by atoms with Crippen molar-refractivity contribution < 1.29 is 19.4 Å². The Bertz CT molecular complexity index is 327. The minimum absolute atomic E-state index is 0.119. The summed E-state index contributed by atoms with van der Waals surface area (Å²) in [4.78, 5) is 26.4. The van der Waals surface area contributed by atoms with Crippen LogP contribution in [-0.2, 0) is 9.53 Å². The molecule has 0 aromatic heterocycles. The molecular formula is C12H22N2O4S. The van der Waals surface area contributed by atoms with E-state index < -0.39 is 12.1 Å². The first-order valence-corrected chi connectivity index (χ1v) is 7.71. The Morgan fingerprint density at radius 3 is 2.84 bits per heavy atom. The maximum absolute atomic E-state index is 12.3. The number of carbonyl (C=O) groups excluding carboxylic acids is 1. The van der Waals surface area contributed by atoms with Gasteiger partial charge in [0.25, 0.3) is 0 Å². The second-order valence-electron chi connectivity index (χ2n) is 4.67. The van der Waals surface area contributed by atoms with Crippen molar-refractivity contribution in [1.82, 2.24) is 9.80 Å². The van der Waals surface area contributed by atoms with Gasteiger partial charge in [-0.05, 0) is 25.4 Å². The molecule has 1 aliphatic rings.